The normalized spacial score (nSPS) is 35.0. The number of ether oxygens (including phenoxy) is 1. The van der Waals surface area contributed by atoms with E-state index >= 15 is 0 Å². The van der Waals surface area contributed by atoms with E-state index in [4.69, 9.17) is 4.74 Å². The highest BCUT2D eigenvalue weighted by molar-refractivity contribution is 8.00. The molecular formula is C9H14F3NOS. The highest BCUT2D eigenvalue weighted by atomic mass is 32.2. The number of rotatable bonds is 4. The lowest BCUT2D eigenvalue weighted by Gasteiger charge is -2.19. The molecule has 0 amide bonds. The molecule has 2 rings (SSSR count). The van der Waals surface area contributed by atoms with Gasteiger partial charge in [0.1, 0.15) is 0 Å². The lowest BCUT2D eigenvalue weighted by Crippen LogP contribution is -2.38. The topological polar surface area (TPSA) is 21.3 Å². The number of halogens is 3. The third-order valence-electron chi connectivity index (χ3n) is 2.88. The van der Waals surface area contributed by atoms with Crippen molar-refractivity contribution in [2.45, 2.75) is 43.0 Å². The third kappa shape index (κ3) is 3.26. The summed E-state index contributed by atoms with van der Waals surface area (Å²) in [5.41, 5.74) is -4.10. The average molecular weight is 241 g/mol. The van der Waals surface area contributed by atoms with Gasteiger partial charge in [-0.2, -0.15) is 13.2 Å². The van der Waals surface area contributed by atoms with Gasteiger partial charge in [-0.25, -0.2) is 0 Å². The van der Waals surface area contributed by atoms with Crippen molar-refractivity contribution in [2.24, 2.45) is 0 Å². The van der Waals surface area contributed by atoms with Crippen molar-refractivity contribution in [3.63, 3.8) is 0 Å². The molecule has 0 saturated carbocycles. The van der Waals surface area contributed by atoms with Crippen LogP contribution < -0.4 is 5.32 Å². The predicted octanol–water partition coefficient (Wildman–Crippen LogP) is 2.15. The monoisotopic (exact) mass is 241 g/mol. The van der Waals surface area contributed by atoms with Crippen molar-refractivity contribution in [3.05, 3.63) is 0 Å². The van der Waals surface area contributed by atoms with E-state index < -0.39 is 5.51 Å². The largest absolute Gasteiger partial charge is 0.441 e. The molecule has 6 heteroatoms. The molecule has 0 spiro atoms. The fraction of sp³-hybridized carbons (Fsp3) is 1.00. The fourth-order valence-electron chi connectivity index (χ4n) is 2.26. The number of thioether (sulfide) groups is 1. The Morgan fingerprint density at radius 2 is 2.13 bits per heavy atom. The number of fused-ring (bicyclic) bond motifs is 2. The van der Waals surface area contributed by atoms with Crippen LogP contribution in [-0.2, 0) is 4.74 Å². The fourth-order valence-corrected chi connectivity index (χ4v) is 2.72. The Labute approximate surface area is 90.9 Å². The van der Waals surface area contributed by atoms with Gasteiger partial charge in [-0.3, -0.25) is 0 Å². The van der Waals surface area contributed by atoms with E-state index in [0.29, 0.717) is 12.6 Å². The summed E-state index contributed by atoms with van der Waals surface area (Å²) in [6.45, 7) is 0.404. The number of nitrogens with one attached hydrogen (secondary N) is 1. The van der Waals surface area contributed by atoms with Crippen molar-refractivity contribution >= 4 is 11.8 Å². The first-order valence-electron chi connectivity index (χ1n) is 5.14. The van der Waals surface area contributed by atoms with Crippen LogP contribution in [-0.4, -0.2) is 36.1 Å². The van der Waals surface area contributed by atoms with Crippen LogP contribution in [0.5, 0.6) is 0 Å². The van der Waals surface area contributed by atoms with Crippen molar-refractivity contribution < 1.29 is 17.9 Å². The zero-order valence-electron chi connectivity index (χ0n) is 8.22. The molecule has 2 bridgehead atoms. The molecule has 15 heavy (non-hydrogen) atoms. The Hall–Kier alpha value is 0.0600. The van der Waals surface area contributed by atoms with E-state index in [1.165, 1.54) is 0 Å². The maximum atomic E-state index is 11.8. The summed E-state index contributed by atoms with van der Waals surface area (Å²) in [6, 6.07) is 0.276. The second kappa shape index (κ2) is 4.51. The highest BCUT2D eigenvalue weighted by Crippen LogP contribution is 2.34. The highest BCUT2D eigenvalue weighted by Gasteiger charge is 2.40. The van der Waals surface area contributed by atoms with Crippen LogP contribution in [0.3, 0.4) is 0 Å². The standard InChI is InChI=1S/C9H14F3NOS/c10-9(11,12)15-4-3-13-7-5-6-1-2-8(7)14-6/h6-8,13H,1-5H2. The summed E-state index contributed by atoms with van der Waals surface area (Å²) in [6.07, 6.45) is 3.71. The predicted molar refractivity (Wildman–Crippen MR) is 52.8 cm³/mol. The first-order valence-corrected chi connectivity index (χ1v) is 6.13. The Morgan fingerprint density at radius 1 is 1.33 bits per heavy atom. The Kier molecular flexibility index (Phi) is 3.47. The molecule has 88 valence electrons. The molecule has 2 fully saturated rings. The van der Waals surface area contributed by atoms with Gasteiger partial charge < -0.3 is 10.1 Å². The van der Waals surface area contributed by atoms with Gasteiger partial charge >= 0.3 is 5.51 Å². The second-order valence-electron chi connectivity index (χ2n) is 3.96. The summed E-state index contributed by atoms with van der Waals surface area (Å²) < 4.78 is 41.0. The van der Waals surface area contributed by atoms with E-state index in [9.17, 15) is 13.2 Å². The van der Waals surface area contributed by atoms with Crippen LogP contribution in [0.25, 0.3) is 0 Å². The van der Waals surface area contributed by atoms with E-state index in [2.05, 4.69) is 5.32 Å². The SMILES string of the molecule is FC(F)(F)SCCNC1CC2CCC1O2. The number of hydrogen-bond donors (Lipinski definition) is 1. The quantitative estimate of drug-likeness (QED) is 0.762. The molecule has 1 N–H and O–H groups in total. The summed E-state index contributed by atoms with van der Waals surface area (Å²) in [7, 11) is 0. The summed E-state index contributed by atoms with van der Waals surface area (Å²) in [5.74, 6) is 0.0807. The molecule has 0 aliphatic carbocycles. The third-order valence-corrected chi connectivity index (χ3v) is 3.62. The molecule has 0 aromatic rings. The van der Waals surface area contributed by atoms with Crippen molar-refractivity contribution in [1.82, 2.24) is 5.32 Å². The molecule has 2 saturated heterocycles. The first-order chi connectivity index (χ1) is 7.04. The van der Waals surface area contributed by atoms with Gasteiger partial charge in [0, 0.05) is 18.3 Å². The van der Waals surface area contributed by atoms with E-state index in [1.807, 2.05) is 0 Å². The molecule has 3 atom stereocenters. The maximum absolute atomic E-state index is 11.8. The Morgan fingerprint density at radius 3 is 2.67 bits per heavy atom. The Bertz CT molecular complexity index is 224. The van der Waals surface area contributed by atoms with Gasteiger partial charge in [0.25, 0.3) is 0 Å². The molecule has 2 aliphatic rings. The van der Waals surface area contributed by atoms with Crippen LogP contribution in [0.2, 0.25) is 0 Å². The van der Waals surface area contributed by atoms with Gasteiger partial charge in [0.2, 0.25) is 0 Å². The minimum Gasteiger partial charge on any atom is -0.373 e. The molecule has 2 heterocycles. The molecule has 0 aromatic heterocycles. The smallest absolute Gasteiger partial charge is 0.373 e. The van der Waals surface area contributed by atoms with Crippen LogP contribution in [0.15, 0.2) is 0 Å². The molecule has 0 radical (unpaired) electrons. The van der Waals surface area contributed by atoms with Gasteiger partial charge in [-0.1, -0.05) is 0 Å². The maximum Gasteiger partial charge on any atom is 0.441 e. The van der Waals surface area contributed by atoms with Crippen LogP contribution in [0, 0.1) is 0 Å². The molecular weight excluding hydrogens is 227 g/mol. The van der Waals surface area contributed by atoms with Gasteiger partial charge in [0.05, 0.1) is 12.2 Å². The zero-order valence-corrected chi connectivity index (χ0v) is 9.03. The molecule has 2 nitrogen and oxygen atoms in total. The van der Waals surface area contributed by atoms with Crippen LogP contribution in [0.4, 0.5) is 13.2 Å². The molecule has 2 aliphatic heterocycles. The van der Waals surface area contributed by atoms with E-state index in [0.717, 1.165) is 19.3 Å². The van der Waals surface area contributed by atoms with E-state index in [1.54, 1.807) is 0 Å². The van der Waals surface area contributed by atoms with Gasteiger partial charge in [0.15, 0.2) is 0 Å². The zero-order chi connectivity index (χ0) is 10.9. The molecule has 0 aromatic carbocycles. The van der Waals surface area contributed by atoms with Crippen molar-refractivity contribution in [3.8, 4) is 0 Å². The Balaban J connectivity index is 1.59. The van der Waals surface area contributed by atoms with Gasteiger partial charge in [-0.05, 0) is 31.0 Å². The second-order valence-corrected chi connectivity index (χ2v) is 5.12. The van der Waals surface area contributed by atoms with Gasteiger partial charge in [-0.15, -0.1) is 0 Å². The van der Waals surface area contributed by atoms with Crippen LogP contribution in [0.1, 0.15) is 19.3 Å². The first kappa shape index (κ1) is 11.5. The summed E-state index contributed by atoms with van der Waals surface area (Å²) >= 11 is 0.0337. The van der Waals surface area contributed by atoms with Crippen molar-refractivity contribution in [2.75, 3.05) is 12.3 Å². The summed E-state index contributed by atoms with van der Waals surface area (Å²) in [4.78, 5) is 0. The molecule has 3 unspecified atom stereocenters. The average Bonchev–Trinajstić information content (AvgIpc) is 2.71. The number of alkyl halides is 3. The lowest BCUT2D eigenvalue weighted by atomic mass is 9.96. The lowest BCUT2D eigenvalue weighted by molar-refractivity contribution is -0.0327. The minimum absolute atomic E-state index is 0.0337. The van der Waals surface area contributed by atoms with E-state index in [-0.39, 0.29) is 29.7 Å². The summed E-state index contributed by atoms with van der Waals surface area (Å²) in [5, 5.41) is 3.14. The minimum atomic E-state index is -4.10. The van der Waals surface area contributed by atoms with Crippen molar-refractivity contribution in [1.29, 1.82) is 0 Å². The van der Waals surface area contributed by atoms with Crippen LogP contribution >= 0.6 is 11.8 Å². The number of hydrogen-bond acceptors (Lipinski definition) is 3.